The van der Waals surface area contributed by atoms with Crippen molar-refractivity contribution in [1.82, 2.24) is 0 Å². The summed E-state index contributed by atoms with van der Waals surface area (Å²) < 4.78 is 20.5. The second-order valence-electron chi connectivity index (χ2n) is 5.52. The molecule has 0 N–H and O–H groups in total. The lowest BCUT2D eigenvalue weighted by atomic mass is 10.1. The van der Waals surface area contributed by atoms with Crippen LogP contribution in [0.3, 0.4) is 0 Å². The smallest absolute Gasteiger partial charge is 0.344 e. The maximum Gasteiger partial charge on any atom is 0.344 e. The van der Waals surface area contributed by atoms with E-state index in [-0.39, 0.29) is 18.0 Å². The highest BCUT2D eigenvalue weighted by molar-refractivity contribution is 6.00. The number of esters is 1. The molecule has 0 saturated carbocycles. The van der Waals surface area contributed by atoms with Gasteiger partial charge in [0.15, 0.2) is 19.0 Å². The molecule has 0 fully saturated rings. The van der Waals surface area contributed by atoms with Crippen molar-refractivity contribution in [2.45, 2.75) is 6.92 Å². The van der Waals surface area contributed by atoms with Crippen LogP contribution in [0.4, 0.5) is 0 Å². The molecule has 0 saturated heterocycles. The van der Waals surface area contributed by atoms with E-state index >= 15 is 0 Å². The van der Waals surface area contributed by atoms with Gasteiger partial charge >= 0.3 is 5.97 Å². The number of rotatable bonds is 9. The van der Waals surface area contributed by atoms with E-state index in [9.17, 15) is 14.4 Å². The van der Waals surface area contributed by atoms with Crippen LogP contribution < -0.4 is 14.2 Å². The first kappa shape index (κ1) is 20.0. The summed E-state index contributed by atoms with van der Waals surface area (Å²) in [4.78, 5) is 35.4. The van der Waals surface area contributed by atoms with Gasteiger partial charge in [-0.3, -0.25) is 9.59 Å². The zero-order chi connectivity index (χ0) is 19.8. The molecule has 0 aliphatic heterocycles. The number of ketones is 2. The van der Waals surface area contributed by atoms with Crippen LogP contribution >= 0.6 is 0 Å². The van der Waals surface area contributed by atoms with Gasteiger partial charge < -0.3 is 18.9 Å². The lowest BCUT2D eigenvalue weighted by Crippen LogP contribution is -2.20. The molecule has 7 heteroatoms. The van der Waals surface area contributed by atoms with Crippen molar-refractivity contribution in [1.29, 1.82) is 0 Å². The molecule has 0 bridgehead atoms. The van der Waals surface area contributed by atoms with E-state index in [1.165, 1.54) is 33.3 Å². The van der Waals surface area contributed by atoms with Crippen LogP contribution in [0.25, 0.3) is 0 Å². The molecule has 2 rings (SSSR count). The quantitative estimate of drug-likeness (QED) is 0.494. The molecule has 0 heterocycles. The predicted molar refractivity (Wildman–Crippen MR) is 96.8 cm³/mol. The molecule has 2 aromatic rings. The average Bonchev–Trinajstić information content (AvgIpc) is 2.70. The number of benzene rings is 2. The predicted octanol–water partition coefficient (Wildman–Crippen LogP) is 2.71. The molecule has 142 valence electrons. The number of carbonyl (C=O) groups is 3. The maximum absolute atomic E-state index is 12.2. The number of Topliss-reactive ketones (excluding diaryl/α,β-unsaturated/α-hetero) is 2. The highest BCUT2D eigenvalue weighted by Gasteiger charge is 2.16. The van der Waals surface area contributed by atoms with E-state index in [1.807, 2.05) is 0 Å². The van der Waals surface area contributed by atoms with Crippen LogP contribution in [0.1, 0.15) is 27.6 Å². The molecule has 27 heavy (non-hydrogen) atoms. The average molecular weight is 372 g/mol. The second-order valence-corrected chi connectivity index (χ2v) is 5.52. The monoisotopic (exact) mass is 372 g/mol. The van der Waals surface area contributed by atoms with Gasteiger partial charge in [0.2, 0.25) is 5.78 Å². The fourth-order valence-electron chi connectivity index (χ4n) is 2.24. The molecular weight excluding hydrogens is 352 g/mol. The Morgan fingerprint density at radius 2 is 1.67 bits per heavy atom. The van der Waals surface area contributed by atoms with E-state index in [0.29, 0.717) is 22.8 Å². The number of hydrogen-bond acceptors (Lipinski definition) is 7. The lowest BCUT2D eigenvalue weighted by molar-refractivity contribution is -0.144. The Labute approximate surface area is 156 Å². The van der Waals surface area contributed by atoms with Crippen LogP contribution in [0.5, 0.6) is 17.2 Å². The van der Waals surface area contributed by atoms with Crippen LogP contribution in [-0.4, -0.2) is 45.0 Å². The first-order valence-electron chi connectivity index (χ1n) is 8.09. The number of ether oxygens (including phenoxy) is 4. The SMILES string of the molecule is COc1ccc(C(=O)COC(=O)COc2cccc(C(C)=O)c2)c(OC)c1. The minimum Gasteiger partial charge on any atom is -0.497 e. The van der Waals surface area contributed by atoms with Crippen molar-refractivity contribution < 1.29 is 33.3 Å². The summed E-state index contributed by atoms with van der Waals surface area (Å²) in [5, 5.41) is 0. The first-order valence-corrected chi connectivity index (χ1v) is 8.09. The minimum atomic E-state index is -0.705. The molecule has 0 unspecified atom stereocenters. The third-order valence-corrected chi connectivity index (χ3v) is 3.67. The highest BCUT2D eigenvalue weighted by atomic mass is 16.6. The van der Waals surface area contributed by atoms with Crippen molar-refractivity contribution in [3.8, 4) is 17.2 Å². The Kier molecular flexibility index (Phi) is 6.93. The van der Waals surface area contributed by atoms with E-state index in [2.05, 4.69) is 0 Å². The molecule has 0 amide bonds. The summed E-state index contributed by atoms with van der Waals surface area (Å²) in [6, 6.07) is 11.2. The molecule has 0 aromatic heterocycles. The third kappa shape index (κ3) is 5.57. The van der Waals surface area contributed by atoms with Gasteiger partial charge in [0.1, 0.15) is 17.2 Å². The summed E-state index contributed by atoms with van der Waals surface area (Å²) in [5.41, 5.74) is 0.754. The van der Waals surface area contributed by atoms with E-state index in [0.717, 1.165) is 0 Å². The summed E-state index contributed by atoms with van der Waals surface area (Å²) in [6.07, 6.45) is 0. The van der Waals surface area contributed by atoms with Crippen molar-refractivity contribution in [2.75, 3.05) is 27.4 Å². The zero-order valence-electron chi connectivity index (χ0n) is 15.3. The topological polar surface area (TPSA) is 88.1 Å². The Morgan fingerprint density at radius 3 is 2.33 bits per heavy atom. The van der Waals surface area contributed by atoms with Gasteiger partial charge in [0.05, 0.1) is 19.8 Å². The Morgan fingerprint density at radius 1 is 0.889 bits per heavy atom. The van der Waals surface area contributed by atoms with Crippen LogP contribution in [0, 0.1) is 0 Å². The summed E-state index contributed by atoms with van der Waals surface area (Å²) in [5.74, 6) is 0.00429. The summed E-state index contributed by atoms with van der Waals surface area (Å²) in [6.45, 7) is 0.610. The molecule has 0 aliphatic carbocycles. The van der Waals surface area contributed by atoms with Crippen LogP contribution in [0.2, 0.25) is 0 Å². The fraction of sp³-hybridized carbons (Fsp3) is 0.250. The van der Waals surface area contributed by atoms with Crippen LogP contribution in [0.15, 0.2) is 42.5 Å². The highest BCUT2D eigenvalue weighted by Crippen LogP contribution is 2.25. The summed E-state index contributed by atoms with van der Waals surface area (Å²) >= 11 is 0. The standard InChI is InChI=1S/C20H20O7/c1-13(21)14-5-4-6-16(9-14)26-12-20(23)27-11-18(22)17-8-7-15(24-2)10-19(17)25-3/h4-10H,11-12H2,1-3H3. The molecule has 0 radical (unpaired) electrons. The lowest BCUT2D eigenvalue weighted by Gasteiger charge is -2.10. The second kappa shape index (κ2) is 9.38. The fourth-order valence-corrected chi connectivity index (χ4v) is 2.24. The number of carbonyl (C=O) groups excluding carboxylic acids is 3. The Hall–Kier alpha value is -3.35. The van der Waals surface area contributed by atoms with Gasteiger partial charge in [-0.05, 0) is 31.2 Å². The van der Waals surface area contributed by atoms with E-state index < -0.39 is 18.4 Å². The number of methoxy groups -OCH3 is 2. The van der Waals surface area contributed by atoms with Crippen LogP contribution in [-0.2, 0) is 9.53 Å². The van der Waals surface area contributed by atoms with E-state index in [1.54, 1.807) is 30.3 Å². The van der Waals surface area contributed by atoms with Crippen molar-refractivity contribution in [3.63, 3.8) is 0 Å². The third-order valence-electron chi connectivity index (χ3n) is 3.67. The van der Waals surface area contributed by atoms with Gasteiger partial charge in [-0.2, -0.15) is 0 Å². The molecule has 7 nitrogen and oxygen atoms in total. The molecular formula is C20H20O7. The molecule has 2 aromatic carbocycles. The minimum absolute atomic E-state index is 0.109. The zero-order valence-corrected chi connectivity index (χ0v) is 15.3. The molecule has 0 atom stereocenters. The van der Waals surface area contributed by atoms with Gasteiger partial charge in [-0.1, -0.05) is 12.1 Å². The normalized spacial score (nSPS) is 10.0. The van der Waals surface area contributed by atoms with Crippen molar-refractivity contribution in [2.24, 2.45) is 0 Å². The van der Waals surface area contributed by atoms with Gasteiger partial charge in [0.25, 0.3) is 0 Å². The largest absolute Gasteiger partial charge is 0.497 e. The Bertz CT molecular complexity index is 842. The van der Waals surface area contributed by atoms with Crippen molar-refractivity contribution in [3.05, 3.63) is 53.6 Å². The van der Waals surface area contributed by atoms with Gasteiger partial charge in [0, 0.05) is 11.6 Å². The summed E-state index contributed by atoms with van der Waals surface area (Å²) in [7, 11) is 2.94. The molecule has 0 spiro atoms. The number of hydrogen-bond donors (Lipinski definition) is 0. The molecule has 0 aliphatic rings. The van der Waals surface area contributed by atoms with Gasteiger partial charge in [-0.15, -0.1) is 0 Å². The Balaban J connectivity index is 1.89. The maximum atomic E-state index is 12.2. The van der Waals surface area contributed by atoms with Gasteiger partial charge in [-0.25, -0.2) is 4.79 Å². The first-order chi connectivity index (χ1) is 12.9. The van der Waals surface area contributed by atoms with Crippen molar-refractivity contribution >= 4 is 17.5 Å². The van der Waals surface area contributed by atoms with E-state index in [4.69, 9.17) is 18.9 Å².